The number of anilines is 1. The minimum absolute atomic E-state index is 0.0536. The lowest BCUT2D eigenvalue weighted by atomic mass is 9.89. The van der Waals surface area contributed by atoms with Crippen LogP contribution in [0.4, 0.5) is 5.69 Å². The summed E-state index contributed by atoms with van der Waals surface area (Å²) in [6.45, 7) is 2.02. The lowest BCUT2D eigenvalue weighted by Gasteiger charge is -2.30. The molecule has 1 saturated carbocycles. The van der Waals surface area contributed by atoms with E-state index in [1.54, 1.807) is 11.3 Å². The third-order valence-corrected chi connectivity index (χ3v) is 7.16. The van der Waals surface area contributed by atoms with Gasteiger partial charge in [0.1, 0.15) is 23.4 Å². The van der Waals surface area contributed by atoms with Gasteiger partial charge in [0.15, 0.2) is 6.61 Å². The van der Waals surface area contributed by atoms with E-state index in [4.69, 9.17) is 14.5 Å². The van der Waals surface area contributed by atoms with Crippen molar-refractivity contribution in [3.8, 4) is 27.6 Å². The number of aromatic nitrogens is 1. The Balaban J connectivity index is 1.35. The van der Waals surface area contributed by atoms with Gasteiger partial charge in [-0.1, -0.05) is 37.3 Å². The molecule has 0 unspecified atom stereocenters. The molecule has 1 aromatic heterocycles. The number of esters is 1. The Morgan fingerprint density at radius 2 is 1.91 bits per heavy atom. The van der Waals surface area contributed by atoms with Crippen LogP contribution in [-0.4, -0.2) is 36.1 Å². The van der Waals surface area contributed by atoms with Crippen molar-refractivity contribution in [1.82, 2.24) is 4.98 Å². The van der Waals surface area contributed by atoms with Gasteiger partial charge in [-0.25, -0.2) is 4.98 Å². The van der Waals surface area contributed by atoms with Crippen LogP contribution in [0.2, 0.25) is 0 Å². The minimum Gasteiger partial charge on any atom is -0.482 e. The maximum absolute atomic E-state index is 12.7. The number of ether oxygens (including phenoxy) is 2. The SMILES string of the molecule is CC1CCC(OC(=O)CN2C(=O)COc3ccc(-c4csc(-c5ccccc5)n4)cc32)CC1. The van der Waals surface area contributed by atoms with Gasteiger partial charge in [0.25, 0.3) is 5.91 Å². The summed E-state index contributed by atoms with van der Waals surface area (Å²) in [5.41, 5.74) is 3.32. The van der Waals surface area contributed by atoms with Crippen LogP contribution in [-0.2, 0) is 14.3 Å². The van der Waals surface area contributed by atoms with Crippen LogP contribution >= 0.6 is 11.3 Å². The molecule has 0 saturated heterocycles. The van der Waals surface area contributed by atoms with E-state index < -0.39 is 0 Å². The fraction of sp³-hybridized carbons (Fsp3) is 0.346. The molecule has 0 bridgehead atoms. The molecule has 2 aromatic carbocycles. The van der Waals surface area contributed by atoms with Gasteiger partial charge in [-0.05, 0) is 49.8 Å². The second-order valence-electron chi connectivity index (χ2n) is 8.73. The van der Waals surface area contributed by atoms with Crippen LogP contribution in [0.25, 0.3) is 21.8 Å². The highest BCUT2D eigenvalue weighted by atomic mass is 32.1. The van der Waals surface area contributed by atoms with Crippen molar-refractivity contribution in [2.75, 3.05) is 18.1 Å². The Bertz CT molecular complexity index is 1150. The third-order valence-electron chi connectivity index (χ3n) is 6.27. The Hall–Kier alpha value is -3.19. The first-order valence-electron chi connectivity index (χ1n) is 11.3. The molecule has 0 atom stereocenters. The number of amides is 1. The van der Waals surface area contributed by atoms with Crippen molar-refractivity contribution >= 4 is 28.9 Å². The molecule has 1 aliphatic carbocycles. The van der Waals surface area contributed by atoms with E-state index in [0.717, 1.165) is 47.5 Å². The molecule has 6 nitrogen and oxygen atoms in total. The Morgan fingerprint density at radius 3 is 2.70 bits per heavy atom. The number of benzene rings is 2. The van der Waals surface area contributed by atoms with Gasteiger partial charge in [-0.15, -0.1) is 11.3 Å². The summed E-state index contributed by atoms with van der Waals surface area (Å²) in [6, 6.07) is 15.6. The first-order chi connectivity index (χ1) is 16.1. The third kappa shape index (κ3) is 4.78. The zero-order chi connectivity index (χ0) is 22.8. The molecule has 0 N–H and O–H groups in total. The number of rotatable bonds is 5. The number of hydrogen-bond donors (Lipinski definition) is 0. The lowest BCUT2D eigenvalue weighted by Crippen LogP contribution is -2.43. The number of carbonyl (C=O) groups excluding carboxylic acids is 2. The normalized spacial score (nSPS) is 20.2. The summed E-state index contributed by atoms with van der Waals surface area (Å²) in [6.07, 6.45) is 3.86. The van der Waals surface area contributed by atoms with Crippen molar-refractivity contribution in [2.24, 2.45) is 5.92 Å². The molecule has 7 heteroatoms. The lowest BCUT2D eigenvalue weighted by molar-refractivity contribution is -0.150. The fourth-order valence-corrected chi connectivity index (χ4v) is 5.19. The highest BCUT2D eigenvalue weighted by Gasteiger charge is 2.30. The largest absolute Gasteiger partial charge is 0.482 e. The van der Waals surface area contributed by atoms with Gasteiger partial charge in [-0.3, -0.25) is 14.5 Å². The van der Waals surface area contributed by atoms with Crippen molar-refractivity contribution in [2.45, 2.75) is 38.7 Å². The fourth-order valence-electron chi connectivity index (χ4n) is 4.35. The zero-order valence-electron chi connectivity index (χ0n) is 18.5. The molecule has 3 aromatic rings. The molecule has 170 valence electrons. The maximum Gasteiger partial charge on any atom is 0.326 e. The molecule has 0 spiro atoms. The summed E-state index contributed by atoms with van der Waals surface area (Å²) in [4.78, 5) is 31.6. The number of fused-ring (bicyclic) bond motifs is 1. The van der Waals surface area contributed by atoms with Crippen LogP contribution in [0, 0.1) is 5.92 Å². The summed E-state index contributed by atoms with van der Waals surface area (Å²) in [5.74, 6) is 0.633. The molecular weight excluding hydrogens is 436 g/mol. The van der Waals surface area contributed by atoms with E-state index in [9.17, 15) is 9.59 Å². The van der Waals surface area contributed by atoms with Crippen LogP contribution in [0.5, 0.6) is 5.75 Å². The molecule has 2 heterocycles. The average molecular weight is 463 g/mol. The van der Waals surface area contributed by atoms with Gasteiger partial charge in [-0.2, -0.15) is 0 Å². The molecule has 5 rings (SSSR count). The first-order valence-corrected chi connectivity index (χ1v) is 12.2. The average Bonchev–Trinajstić information content (AvgIpc) is 3.33. The highest BCUT2D eigenvalue weighted by molar-refractivity contribution is 7.13. The van der Waals surface area contributed by atoms with E-state index in [1.165, 1.54) is 4.90 Å². The van der Waals surface area contributed by atoms with Gasteiger partial charge in [0.2, 0.25) is 0 Å². The van der Waals surface area contributed by atoms with E-state index in [0.29, 0.717) is 17.4 Å². The van der Waals surface area contributed by atoms with Crippen LogP contribution < -0.4 is 9.64 Å². The number of carbonyl (C=O) groups is 2. The standard InChI is InChI=1S/C26H26N2O4S/c1-17-7-10-20(11-8-17)32-25(30)14-28-22-13-19(9-12-23(22)31-15-24(28)29)21-16-33-26(27-21)18-5-3-2-4-6-18/h2-6,9,12-13,16-17,20H,7-8,10-11,14-15H2,1H3. The van der Waals surface area contributed by atoms with Gasteiger partial charge in [0.05, 0.1) is 11.4 Å². The van der Waals surface area contributed by atoms with Gasteiger partial charge < -0.3 is 9.47 Å². The molecule has 2 aliphatic rings. The summed E-state index contributed by atoms with van der Waals surface area (Å²) in [5, 5.41) is 2.93. The first kappa shape index (κ1) is 21.6. The summed E-state index contributed by atoms with van der Waals surface area (Å²) < 4.78 is 11.3. The minimum atomic E-state index is -0.374. The van der Waals surface area contributed by atoms with Gasteiger partial charge in [0, 0.05) is 16.5 Å². The Kier molecular flexibility index (Phi) is 6.13. The maximum atomic E-state index is 12.7. The van der Waals surface area contributed by atoms with E-state index in [2.05, 4.69) is 6.92 Å². The van der Waals surface area contributed by atoms with E-state index in [-0.39, 0.29) is 31.1 Å². The predicted octanol–water partition coefficient (Wildman–Crippen LogP) is 5.32. The van der Waals surface area contributed by atoms with E-state index in [1.807, 2.05) is 53.9 Å². The Labute approximate surface area is 197 Å². The van der Waals surface area contributed by atoms with Crippen LogP contribution in [0.1, 0.15) is 32.6 Å². The molecule has 1 amide bonds. The molecule has 1 fully saturated rings. The molecule has 1 aliphatic heterocycles. The van der Waals surface area contributed by atoms with Crippen LogP contribution in [0.3, 0.4) is 0 Å². The van der Waals surface area contributed by atoms with Crippen LogP contribution in [0.15, 0.2) is 53.9 Å². The number of hydrogen-bond acceptors (Lipinski definition) is 6. The highest BCUT2D eigenvalue weighted by Crippen LogP contribution is 2.37. The molecular formula is C26H26N2O4S. The monoisotopic (exact) mass is 462 g/mol. The second kappa shape index (κ2) is 9.35. The van der Waals surface area contributed by atoms with Crippen molar-refractivity contribution in [1.29, 1.82) is 0 Å². The quantitative estimate of drug-likeness (QED) is 0.480. The smallest absolute Gasteiger partial charge is 0.326 e. The van der Waals surface area contributed by atoms with Crippen molar-refractivity contribution in [3.05, 3.63) is 53.9 Å². The van der Waals surface area contributed by atoms with E-state index >= 15 is 0 Å². The number of thiazole rings is 1. The summed E-state index contributed by atoms with van der Waals surface area (Å²) in [7, 11) is 0. The van der Waals surface area contributed by atoms with Gasteiger partial charge >= 0.3 is 5.97 Å². The molecule has 33 heavy (non-hydrogen) atoms. The zero-order valence-corrected chi connectivity index (χ0v) is 19.3. The van der Waals surface area contributed by atoms with Crippen molar-refractivity contribution < 1.29 is 19.1 Å². The van der Waals surface area contributed by atoms with Crippen molar-refractivity contribution in [3.63, 3.8) is 0 Å². The number of nitrogens with zero attached hydrogens (tertiary/aromatic N) is 2. The molecule has 0 radical (unpaired) electrons. The second-order valence-corrected chi connectivity index (χ2v) is 9.58. The summed E-state index contributed by atoms with van der Waals surface area (Å²) >= 11 is 1.57. The Morgan fingerprint density at radius 1 is 1.12 bits per heavy atom. The topological polar surface area (TPSA) is 68.7 Å². The predicted molar refractivity (Wildman–Crippen MR) is 128 cm³/mol.